The molecule has 130 valence electrons. The summed E-state index contributed by atoms with van der Waals surface area (Å²) in [6, 6.07) is 2.21. The van der Waals surface area contributed by atoms with Gasteiger partial charge in [-0.05, 0) is 37.7 Å². The monoisotopic (exact) mass is 339 g/mol. The van der Waals surface area contributed by atoms with Crippen molar-refractivity contribution in [2.24, 2.45) is 11.8 Å². The predicted octanol–water partition coefficient (Wildman–Crippen LogP) is 1.08. The van der Waals surface area contributed by atoms with Crippen molar-refractivity contribution in [3.8, 4) is 0 Å². The number of aryl methyl sites for hydroxylation is 1. The third-order valence-electron chi connectivity index (χ3n) is 5.73. The van der Waals surface area contributed by atoms with Crippen molar-refractivity contribution < 1.29 is 5.11 Å². The number of aliphatic hydroxyl groups excluding tert-OH is 1. The van der Waals surface area contributed by atoms with E-state index in [-0.39, 0.29) is 12.1 Å². The minimum absolute atomic E-state index is 0.121. The molecule has 1 saturated heterocycles. The van der Waals surface area contributed by atoms with Crippen molar-refractivity contribution in [2.75, 3.05) is 18.0 Å². The summed E-state index contributed by atoms with van der Waals surface area (Å²) in [6.45, 7) is 3.92. The smallest absolute Gasteiger partial charge is 0.200 e. The molecule has 4 heterocycles. The van der Waals surface area contributed by atoms with Crippen LogP contribution in [0.2, 0.25) is 0 Å². The number of imidazole rings is 1. The first-order valence-electron chi connectivity index (χ1n) is 8.77. The third-order valence-corrected chi connectivity index (χ3v) is 5.73. The van der Waals surface area contributed by atoms with Crippen LogP contribution in [-0.4, -0.2) is 53.7 Å². The van der Waals surface area contributed by atoms with E-state index in [1.807, 2.05) is 19.4 Å². The second-order valence-corrected chi connectivity index (χ2v) is 7.31. The fraction of sp³-hybridized carbons (Fsp3) is 0.529. The molecule has 4 atom stereocenters. The second kappa shape index (κ2) is 5.52. The summed E-state index contributed by atoms with van der Waals surface area (Å²) in [6.07, 6.45) is 8.68. The highest BCUT2D eigenvalue weighted by molar-refractivity contribution is 5.68. The zero-order chi connectivity index (χ0) is 17.0. The van der Waals surface area contributed by atoms with Crippen LogP contribution in [0.4, 0.5) is 5.69 Å². The maximum atomic E-state index is 10.6. The molecule has 2 fully saturated rings. The van der Waals surface area contributed by atoms with E-state index in [9.17, 15) is 5.11 Å². The molecule has 0 amide bonds. The van der Waals surface area contributed by atoms with Gasteiger partial charge in [-0.25, -0.2) is 4.98 Å². The number of hydrogen-bond acceptors (Lipinski definition) is 6. The Kier molecular flexibility index (Phi) is 3.27. The van der Waals surface area contributed by atoms with Gasteiger partial charge in [0.05, 0.1) is 29.9 Å². The molecule has 0 aromatic carbocycles. The standard InChI is InChI=1S/C17H21N7O/c1-11-4-15(17-20-19-10-24(17)21-11)23-7-12-5-14(22-3-2-18-9-22)16(25)6-13(12)8-23/h2-4,9-10,12-14,16,25H,5-8H2,1H3/t12-,13+,14-,16-/m1/s1. The fourth-order valence-electron chi connectivity index (χ4n) is 4.56. The third kappa shape index (κ3) is 2.39. The molecule has 0 spiro atoms. The molecular weight excluding hydrogens is 318 g/mol. The lowest BCUT2D eigenvalue weighted by molar-refractivity contribution is 0.0358. The Hall–Kier alpha value is -2.48. The fourth-order valence-corrected chi connectivity index (χ4v) is 4.56. The van der Waals surface area contributed by atoms with Crippen LogP contribution < -0.4 is 4.90 Å². The summed E-state index contributed by atoms with van der Waals surface area (Å²) in [5.74, 6) is 1.07. The van der Waals surface area contributed by atoms with Gasteiger partial charge in [-0.15, -0.1) is 10.2 Å². The first-order chi connectivity index (χ1) is 12.2. The Morgan fingerprint density at radius 1 is 1.16 bits per heavy atom. The van der Waals surface area contributed by atoms with Gasteiger partial charge >= 0.3 is 0 Å². The van der Waals surface area contributed by atoms with Crippen LogP contribution in [-0.2, 0) is 0 Å². The number of aromatic nitrogens is 6. The Morgan fingerprint density at radius 3 is 2.80 bits per heavy atom. The largest absolute Gasteiger partial charge is 0.391 e. The Balaban J connectivity index is 1.43. The van der Waals surface area contributed by atoms with E-state index in [2.05, 4.69) is 35.8 Å². The molecule has 0 unspecified atom stereocenters. The van der Waals surface area contributed by atoms with Crippen LogP contribution in [0, 0.1) is 18.8 Å². The van der Waals surface area contributed by atoms with Crippen LogP contribution in [0.1, 0.15) is 24.6 Å². The Bertz CT molecular complexity index is 890. The lowest BCUT2D eigenvalue weighted by Gasteiger charge is -2.35. The average molecular weight is 339 g/mol. The minimum Gasteiger partial charge on any atom is -0.391 e. The van der Waals surface area contributed by atoms with Gasteiger partial charge in [-0.3, -0.25) is 0 Å². The summed E-state index contributed by atoms with van der Waals surface area (Å²) < 4.78 is 3.80. The average Bonchev–Trinajstić information content (AvgIpc) is 3.32. The maximum Gasteiger partial charge on any atom is 0.200 e. The number of fused-ring (bicyclic) bond motifs is 2. The van der Waals surface area contributed by atoms with E-state index < -0.39 is 0 Å². The molecule has 3 aromatic rings. The van der Waals surface area contributed by atoms with Gasteiger partial charge in [0, 0.05) is 25.5 Å². The molecule has 1 aliphatic carbocycles. The number of aliphatic hydroxyl groups is 1. The molecule has 0 bridgehead atoms. The summed E-state index contributed by atoms with van der Waals surface area (Å²) in [7, 11) is 0. The van der Waals surface area contributed by atoms with E-state index >= 15 is 0 Å². The zero-order valence-electron chi connectivity index (χ0n) is 14.1. The highest BCUT2D eigenvalue weighted by Crippen LogP contribution is 2.42. The lowest BCUT2D eigenvalue weighted by atomic mass is 9.77. The van der Waals surface area contributed by atoms with Crippen molar-refractivity contribution in [1.82, 2.24) is 29.4 Å². The minimum atomic E-state index is -0.317. The van der Waals surface area contributed by atoms with Crippen LogP contribution in [0.15, 0.2) is 31.1 Å². The van der Waals surface area contributed by atoms with Crippen LogP contribution in [0.3, 0.4) is 0 Å². The molecular formula is C17H21N7O. The molecule has 2 aliphatic rings. The number of nitrogens with zero attached hydrogens (tertiary/aromatic N) is 7. The molecule has 8 nitrogen and oxygen atoms in total. The van der Waals surface area contributed by atoms with Gasteiger partial charge in [0.25, 0.3) is 0 Å². The van der Waals surface area contributed by atoms with E-state index in [0.29, 0.717) is 11.8 Å². The molecule has 25 heavy (non-hydrogen) atoms. The Morgan fingerprint density at radius 2 is 2.00 bits per heavy atom. The van der Waals surface area contributed by atoms with Gasteiger partial charge in [0.1, 0.15) is 6.33 Å². The van der Waals surface area contributed by atoms with Gasteiger partial charge in [0.15, 0.2) is 0 Å². The molecule has 1 N–H and O–H groups in total. The molecule has 0 radical (unpaired) electrons. The summed E-state index contributed by atoms with van der Waals surface area (Å²) in [5.41, 5.74) is 2.84. The predicted molar refractivity (Wildman–Crippen MR) is 91.2 cm³/mol. The van der Waals surface area contributed by atoms with E-state index in [4.69, 9.17) is 0 Å². The maximum absolute atomic E-state index is 10.6. The van der Waals surface area contributed by atoms with Gasteiger partial charge in [-0.1, -0.05) is 0 Å². The van der Waals surface area contributed by atoms with Crippen LogP contribution in [0.25, 0.3) is 5.65 Å². The highest BCUT2D eigenvalue weighted by atomic mass is 16.3. The van der Waals surface area contributed by atoms with E-state index in [1.165, 1.54) is 0 Å². The molecule has 3 aromatic heterocycles. The first-order valence-corrected chi connectivity index (χ1v) is 8.77. The Labute approximate surface area is 145 Å². The lowest BCUT2D eigenvalue weighted by Crippen LogP contribution is -2.35. The number of anilines is 1. The van der Waals surface area contributed by atoms with Crippen molar-refractivity contribution in [3.63, 3.8) is 0 Å². The van der Waals surface area contributed by atoms with Crippen LogP contribution >= 0.6 is 0 Å². The van der Waals surface area contributed by atoms with Crippen LogP contribution in [0.5, 0.6) is 0 Å². The van der Waals surface area contributed by atoms with Crippen molar-refractivity contribution >= 4 is 11.3 Å². The highest BCUT2D eigenvalue weighted by Gasteiger charge is 2.42. The molecule has 1 saturated carbocycles. The van der Waals surface area contributed by atoms with Gasteiger partial charge in [0.2, 0.25) is 5.65 Å². The topological polar surface area (TPSA) is 84.4 Å². The van der Waals surface area contributed by atoms with Gasteiger partial charge < -0.3 is 14.6 Å². The van der Waals surface area contributed by atoms with E-state index in [1.54, 1.807) is 17.0 Å². The normalized spacial score (nSPS) is 29.3. The summed E-state index contributed by atoms with van der Waals surface area (Å²) in [5, 5.41) is 23.3. The number of rotatable bonds is 2. The molecule has 1 aliphatic heterocycles. The molecule has 8 heteroatoms. The summed E-state index contributed by atoms with van der Waals surface area (Å²) >= 11 is 0. The zero-order valence-corrected chi connectivity index (χ0v) is 14.1. The quantitative estimate of drug-likeness (QED) is 0.752. The van der Waals surface area contributed by atoms with Crippen molar-refractivity contribution in [2.45, 2.75) is 31.9 Å². The molecule has 5 rings (SSSR count). The second-order valence-electron chi connectivity index (χ2n) is 7.31. The van der Waals surface area contributed by atoms with Crippen molar-refractivity contribution in [3.05, 3.63) is 36.8 Å². The SMILES string of the molecule is Cc1cc(N2C[C@H]3C[C@@H](n4ccnc4)[C@H](O)C[C@H]3C2)c2nncn2n1. The summed E-state index contributed by atoms with van der Waals surface area (Å²) in [4.78, 5) is 6.52. The van der Waals surface area contributed by atoms with Crippen molar-refractivity contribution in [1.29, 1.82) is 0 Å². The number of hydrogen-bond donors (Lipinski definition) is 1. The van der Waals surface area contributed by atoms with E-state index in [0.717, 1.165) is 43.0 Å². The first kappa shape index (κ1) is 14.8. The van der Waals surface area contributed by atoms with Gasteiger partial charge in [-0.2, -0.15) is 9.61 Å².